The van der Waals surface area contributed by atoms with Crippen LogP contribution in [0.3, 0.4) is 0 Å². The zero-order valence-electron chi connectivity index (χ0n) is 18.1. The van der Waals surface area contributed by atoms with Crippen molar-refractivity contribution in [3.05, 3.63) is 72.9 Å². The van der Waals surface area contributed by atoms with Gasteiger partial charge in [0.1, 0.15) is 17.8 Å². The van der Waals surface area contributed by atoms with E-state index in [-0.39, 0.29) is 5.41 Å². The highest BCUT2D eigenvalue weighted by atomic mass is 15.0. The Kier molecular flexibility index (Phi) is 8.87. The van der Waals surface area contributed by atoms with Crippen molar-refractivity contribution >= 4 is 11.0 Å². The van der Waals surface area contributed by atoms with E-state index in [9.17, 15) is 0 Å². The van der Waals surface area contributed by atoms with Crippen LogP contribution in [0.4, 0.5) is 0 Å². The lowest BCUT2D eigenvalue weighted by Crippen LogP contribution is -2.33. The number of para-hydroxylation sites is 2. The zero-order valence-corrected chi connectivity index (χ0v) is 18.1. The first kappa shape index (κ1) is 22.6. The molecule has 0 atom stereocenters. The minimum absolute atomic E-state index is 0.179. The summed E-state index contributed by atoms with van der Waals surface area (Å²) in [6.45, 7) is 19.1. The molecule has 3 rings (SSSR count). The van der Waals surface area contributed by atoms with Gasteiger partial charge in [-0.3, -0.25) is 0 Å². The third-order valence-electron chi connectivity index (χ3n) is 4.10. The second-order valence-electron chi connectivity index (χ2n) is 7.14. The normalized spacial score (nSPS) is 10.3. The Hall–Kier alpha value is -2.48. The second kappa shape index (κ2) is 10.6. The Morgan fingerprint density at radius 1 is 1.00 bits per heavy atom. The van der Waals surface area contributed by atoms with Crippen LogP contribution in [-0.4, -0.2) is 4.98 Å². The topological polar surface area (TPSA) is 16.8 Å². The lowest BCUT2D eigenvalue weighted by molar-refractivity contribution is -0.667. The van der Waals surface area contributed by atoms with Crippen molar-refractivity contribution in [1.29, 1.82) is 0 Å². The fourth-order valence-electron chi connectivity index (χ4n) is 2.72. The van der Waals surface area contributed by atoms with Crippen molar-refractivity contribution in [3.63, 3.8) is 0 Å². The maximum absolute atomic E-state index is 4.83. The van der Waals surface area contributed by atoms with Crippen LogP contribution in [0.2, 0.25) is 0 Å². The highest BCUT2D eigenvalue weighted by Gasteiger charge is 2.15. The number of aryl methyl sites for hydroxylation is 1. The number of nitrogens with zero attached hydrogens (tertiary/aromatic N) is 2. The molecule has 0 fully saturated rings. The van der Waals surface area contributed by atoms with E-state index in [2.05, 4.69) is 87.5 Å². The van der Waals surface area contributed by atoms with E-state index in [1.54, 1.807) is 6.08 Å². The zero-order chi connectivity index (χ0) is 20.4. The summed E-state index contributed by atoms with van der Waals surface area (Å²) in [5, 5.41) is 0. The van der Waals surface area contributed by atoms with Crippen LogP contribution in [0, 0.1) is 0 Å². The predicted octanol–water partition coefficient (Wildman–Crippen LogP) is 6.73. The Bertz CT molecular complexity index is 840. The molecule has 2 nitrogen and oxygen atoms in total. The maximum Gasteiger partial charge on any atom is 0.231 e. The number of rotatable bonds is 2. The quantitative estimate of drug-likeness (QED) is 0.364. The second-order valence-corrected chi connectivity index (χ2v) is 7.14. The third kappa shape index (κ3) is 6.02. The molecule has 0 spiro atoms. The molecule has 0 bridgehead atoms. The van der Waals surface area contributed by atoms with Crippen molar-refractivity contribution < 1.29 is 4.57 Å². The van der Waals surface area contributed by atoms with Crippen molar-refractivity contribution in [3.8, 4) is 11.3 Å². The van der Waals surface area contributed by atoms with Gasteiger partial charge in [-0.2, -0.15) is 4.57 Å². The highest BCUT2D eigenvalue weighted by molar-refractivity contribution is 5.73. The molecule has 2 heteroatoms. The molecule has 0 amide bonds. The van der Waals surface area contributed by atoms with Crippen molar-refractivity contribution in [1.82, 2.24) is 4.98 Å². The number of aromatic nitrogens is 2. The van der Waals surface area contributed by atoms with E-state index < -0.39 is 0 Å². The molecule has 27 heavy (non-hydrogen) atoms. The van der Waals surface area contributed by atoms with Gasteiger partial charge in [0.15, 0.2) is 6.20 Å². The molecule has 0 aliphatic carbocycles. The van der Waals surface area contributed by atoms with Gasteiger partial charge in [0, 0.05) is 11.6 Å². The smallest absolute Gasteiger partial charge is 0.231 e. The molecular weight excluding hydrogens is 328 g/mol. The fraction of sp³-hybridized carbons (Fsp3) is 0.360. The van der Waals surface area contributed by atoms with Gasteiger partial charge in [-0.25, -0.2) is 4.98 Å². The Morgan fingerprint density at radius 2 is 1.56 bits per heavy atom. The van der Waals surface area contributed by atoms with E-state index in [0.29, 0.717) is 0 Å². The minimum atomic E-state index is 0.179. The number of hydrogen-bond donors (Lipinski definition) is 0. The third-order valence-corrected chi connectivity index (χ3v) is 4.10. The number of fused-ring (bicyclic) bond motifs is 1. The van der Waals surface area contributed by atoms with E-state index in [4.69, 9.17) is 4.98 Å². The molecule has 0 unspecified atom stereocenters. The molecule has 0 aliphatic heterocycles. The molecule has 0 radical (unpaired) electrons. The fourth-order valence-corrected chi connectivity index (χ4v) is 2.72. The van der Waals surface area contributed by atoms with E-state index in [1.165, 1.54) is 16.6 Å². The van der Waals surface area contributed by atoms with Crippen LogP contribution in [0.25, 0.3) is 22.3 Å². The van der Waals surface area contributed by atoms with E-state index in [0.717, 1.165) is 17.8 Å². The van der Waals surface area contributed by atoms with E-state index in [1.807, 2.05) is 26.8 Å². The molecule has 3 aromatic rings. The molecule has 1 heterocycles. The van der Waals surface area contributed by atoms with Gasteiger partial charge >= 0.3 is 0 Å². The number of allylic oxidation sites excluding steroid dienone is 1. The first-order chi connectivity index (χ1) is 12.9. The molecule has 0 aliphatic rings. The van der Waals surface area contributed by atoms with Crippen LogP contribution >= 0.6 is 0 Å². The maximum atomic E-state index is 4.83. The summed E-state index contributed by atoms with van der Waals surface area (Å²) in [6, 6.07) is 17.1. The predicted molar refractivity (Wildman–Crippen MR) is 119 cm³/mol. The van der Waals surface area contributed by atoms with Crippen LogP contribution in [0.15, 0.2) is 67.4 Å². The minimum Gasteiger partial charge on any atom is -0.235 e. The average molecular weight is 364 g/mol. The van der Waals surface area contributed by atoms with Gasteiger partial charge in [0.2, 0.25) is 5.52 Å². The van der Waals surface area contributed by atoms with Gasteiger partial charge < -0.3 is 0 Å². The standard InChI is InChI=1S/C20H23N2.C3H6.C2H6/c1-5-22-14-18(21-17-8-6-7-9-19(17)22)15-10-12-16(13-11-15)20(2,3)4;1-3-2;1-2/h6-14H,5H2,1-4H3;3H,1H2,2H3;1-2H3/q+1;;. The summed E-state index contributed by atoms with van der Waals surface area (Å²) in [5.74, 6) is 0. The molecule has 0 saturated heterocycles. The SMILES string of the molecule is C=CC.CC.CC[n+]1cc(-c2ccc(C(C)(C)C)cc2)nc2ccccc21. The summed E-state index contributed by atoms with van der Waals surface area (Å²) in [6.07, 6.45) is 3.90. The molecule has 0 N–H and O–H groups in total. The van der Waals surface area contributed by atoms with Crippen molar-refractivity contribution in [2.45, 2.75) is 60.4 Å². The molecule has 1 aromatic heterocycles. The van der Waals surface area contributed by atoms with Crippen LogP contribution in [-0.2, 0) is 12.0 Å². The molecular formula is C25H35N2+. The molecule has 144 valence electrons. The van der Waals surface area contributed by atoms with Gasteiger partial charge in [-0.1, -0.05) is 77.1 Å². The summed E-state index contributed by atoms with van der Waals surface area (Å²) in [5.41, 5.74) is 5.95. The monoisotopic (exact) mass is 363 g/mol. The average Bonchev–Trinajstić information content (AvgIpc) is 2.68. The van der Waals surface area contributed by atoms with Crippen molar-refractivity contribution in [2.75, 3.05) is 0 Å². The summed E-state index contributed by atoms with van der Waals surface area (Å²) >= 11 is 0. The van der Waals surface area contributed by atoms with Gasteiger partial charge in [-0.05, 0) is 30.9 Å². The Labute approximate surface area is 165 Å². The Balaban J connectivity index is 0.000000665. The largest absolute Gasteiger partial charge is 0.235 e. The first-order valence-corrected chi connectivity index (χ1v) is 9.88. The molecule has 0 saturated carbocycles. The van der Waals surface area contributed by atoms with Gasteiger partial charge in [0.25, 0.3) is 0 Å². The highest BCUT2D eigenvalue weighted by Crippen LogP contribution is 2.25. The summed E-state index contributed by atoms with van der Waals surface area (Å²) in [4.78, 5) is 4.83. The van der Waals surface area contributed by atoms with Crippen LogP contribution in [0.5, 0.6) is 0 Å². The van der Waals surface area contributed by atoms with Gasteiger partial charge in [-0.15, -0.1) is 6.58 Å². The molecule has 2 aromatic carbocycles. The number of hydrogen-bond acceptors (Lipinski definition) is 1. The van der Waals surface area contributed by atoms with Crippen molar-refractivity contribution in [2.24, 2.45) is 0 Å². The lowest BCUT2D eigenvalue weighted by Gasteiger charge is -2.19. The van der Waals surface area contributed by atoms with E-state index >= 15 is 0 Å². The first-order valence-electron chi connectivity index (χ1n) is 9.88. The van der Waals surface area contributed by atoms with Gasteiger partial charge in [0.05, 0.1) is 0 Å². The van der Waals surface area contributed by atoms with Crippen LogP contribution < -0.4 is 4.57 Å². The van der Waals surface area contributed by atoms with Crippen LogP contribution in [0.1, 0.15) is 54.0 Å². The summed E-state index contributed by atoms with van der Waals surface area (Å²) in [7, 11) is 0. The number of benzene rings is 2. The summed E-state index contributed by atoms with van der Waals surface area (Å²) < 4.78 is 2.26. The lowest BCUT2D eigenvalue weighted by atomic mass is 9.86. The Morgan fingerprint density at radius 3 is 2.07 bits per heavy atom.